The Bertz CT molecular complexity index is 1200. The molecule has 2 aromatic rings. The van der Waals surface area contributed by atoms with E-state index >= 15 is 0 Å². The normalized spacial score (nSPS) is 11.6. The highest BCUT2D eigenvalue weighted by Crippen LogP contribution is 2.22. The van der Waals surface area contributed by atoms with Crippen molar-refractivity contribution in [1.82, 2.24) is 0 Å². The SMILES string of the molecule is C=C(C)C(O)OCCCCCCCCCCOc1ccc(C(=O)Oc2ccc(/C=C/C(=O)OCCC#N)cc2C)cc1. The van der Waals surface area contributed by atoms with Gasteiger partial charge in [0.25, 0.3) is 0 Å². The van der Waals surface area contributed by atoms with Crippen molar-refractivity contribution in [2.24, 2.45) is 0 Å². The van der Waals surface area contributed by atoms with Gasteiger partial charge < -0.3 is 24.1 Å². The van der Waals surface area contributed by atoms with E-state index in [0.717, 1.165) is 36.8 Å². The summed E-state index contributed by atoms with van der Waals surface area (Å²) in [5.74, 6) is 0.157. The summed E-state index contributed by atoms with van der Waals surface area (Å²) in [5, 5.41) is 18.0. The predicted octanol–water partition coefficient (Wildman–Crippen LogP) is 7.10. The number of unbranched alkanes of at least 4 members (excludes halogenated alkanes) is 7. The Hall–Kier alpha value is -3.93. The van der Waals surface area contributed by atoms with Gasteiger partial charge >= 0.3 is 11.9 Å². The van der Waals surface area contributed by atoms with Crippen LogP contribution in [-0.4, -0.2) is 43.2 Å². The Morgan fingerprint density at radius 3 is 2.21 bits per heavy atom. The van der Waals surface area contributed by atoms with Crippen LogP contribution in [0.4, 0.5) is 0 Å². The van der Waals surface area contributed by atoms with E-state index in [1.165, 1.54) is 31.8 Å². The largest absolute Gasteiger partial charge is 0.494 e. The van der Waals surface area contributed by atoms with Gasteiger partial charge in [0, 0.05) is 6.08 Å². The molecule has 2 aromatic carbocycles. The molecule has 0 amide bonds. The lowest BCUT2D eigenvalue weighted by molar-refractivity contribution is -0.137. The number of ether oxygens (including phenoxy) is 4. The smallest absolute Gasteiger partial charge is 0.343 e. The molecule has 0 spiro atoms. The predicted molar refractivity (Wildman–Crippen MR) is 162 cm³/mol. The van der Waals surface area contributed by atoms with Crippen molar-refractivity contribution in [2.75, 3.05) is 19.8 Å². The molecular weight excluding hydrogens is 534 g/mol. The van der Waals surface area contributed by atoms with Gasteiger partial charge in [-0.25, -0.2) is 9.59 Å². The molecule has 0 bridgehead atoms. The lowest BCUT2D eigenvalue weighted by atomic mass is 10.1. The second kappa shape index (κ2) is 20.0. The fourth-order valence-corrected chi connectivity index (χ4v) is 3.94. The highest BCUT2D eigenvalue weighted by atomic mass is 16.6. The number of rotatable bonds is 20. The zero-order chi connectivity index (χ0) is 30.6. The van der Waals surface area contributed by atoms with Gasteiger partial charge in [-0.15, -0.1) is 0 Å². The molecule has 0 aliphatic carbocycles. The molecule has 0 aromatic heterocycles. The summed E-state index contributed by atoms with van der Waals surface area (Å²) < 4.78 is 21.6. The minimum absolute atomic E-state index is 0.0598. The van der Waals surface area contributed by atoms with Gasteiger partial charge in [0.2, 0.25) is 0 Å². The van der Waals surface area contributed by atoms with Crippen molar-refractivity contribution in [2.45, 2.75) is 77.9 Å². The molecule has 1 unspecified atom stereocenters. The Balaban J connectivity index is 1.62. The summed E-state index contributed by atoms with van der Waals surface area (Å²) in [6, 6.07) is 14.0. The molecule has 1 N–H and O–H groups in total. The van der Waals surface area contributed by atoms with Crippen molar-refractivity contribution in [3.8, 4) is 17.6 Å². The maximum Gasteiger partial charge on any atom is 0.343 e. The Morgan fingerprint density at radius 2 is 1.60 bits per heavy atom. The minimum atomic E-state index is -0.848. The number of benzene rings is 2. The molecule has 0 aliphatic heterocycles. The van der Waals surface area contributed by atoms with Crippen molar-refractivity contribution in [1.29, 1.82) is 5.26 Å². The maximum absolute atomic E-state index is 12.6. The van der Waals surface area contributed by atoms with Gasteiger partial charge in [-0.3, -0.25) is 0 Å². The molecule has 1 atom stereocenters. The highest BCUT2D eigenvalue weighted by Gasteiger charge is 2.11. The van der Waals surface area contributed by atoms with Crippen LogP contribution in [-0.2, 0) is 14.3 Å². The number of carbonyl (C=O) groups is 2. The van der Waals surface area contributed by atoms with Gasteiger partial charge in [0.15, 0.2) is 6.29 Å². The molecule has 0 saturated carbocycles. The molecule has 0 heterocycles. The van der Waals surface area contributed by atoms with Crippen LogP contribution in [0.3, 0.4) is 0 Å². The van der Waals surface area contributed by atoms with Crippen LogP contribution < -0.4 is 9.47 Å². The van der Waals surface area contributed by atoms with Gasteiger partial charge in [-0.2, -0.15) is 5.26 Å². The van der Waals surface area contributed by atoms with Crippen molar-refractivity contribution in [3.63, 3.8) is 0 Å². The number of nitriles is 1. The average Bonchev–Trinajstić information content (AvgIpc) is 2.98. The first-order chi connectivity index (χ1) is 20.3. The molecule has 8 heteroatoms. The van der Waals surface area contributed by atoms with Gasteiger partial charge in [0.05, 0.1) is 31.3 Å². The van der Waals surface area contributed by atoms with E-state index in [2.05, 4.69) is 6.58 Å². The van der Waals surface area contributed by atoms with Gasteiger partial charge in [-0.1, -0.05) is 51.2 Å². The van der Waals surface area contributed by atoms with Crippen LogP contribution in [0.2, 0.25) is 0 Å². The third-order valence-electron chi connectivity index (χ3n) is 6.37. The summed E-state index contributed by atoms with van der Waals surface area (Å²) in [5.41, 5.74) is 2.55. The zero-order valence-corrected chi connectivity index (χ0v) is 24.8. The molecule has 8 nitrogen and oxygen atoms in total. The maximum atomic E-state index is 12.6. The first kappa shape index (κ1) is 34.3. The summed E-state index contributed by atoms with van der Waals surface area (Å²) in [7, 11) is 0. The number of hydrogen-bond acceptors (Lipinski definition) is 8. The van der Waals surface area contributed by atoms with E-state index in [9.17, 15) is 14.7 Å². The van der Waals surface area contributed by atoms with Crippen molar-refractivity contribution < 1.29 is 33.6 Å². The molecule has 0 saturated heterocycles. The van der Waals surface area contributed by atoms with Gasteiger partial charge in [-0.05, 0) is 85.9 Å². The highest BCUT2D eigenvalue weighted by molar-refractivity contribution is 5.91. The Morgan fingerprint density at radius 1 is 0.952 bits per heavy atom. The molecular formula is C34H43NO7. The fourth-order valence-electron chi connectivity index (χ4n) is 3.94. The molecule has 42 heavy (non-hydrogen) atoms. The molecule has 2 rings (SSSR count). The van der Waals surface area contributed by atoms with Crippen LogP contribution in [0.5, 0.6) is 11.5 Å². The number of aryl methyl sites for hydroxylation is 1. The second-order valence-electron chi connectivity index (χ2n) is 10.1. The van der Waals surface area contributed by atoms with E-state index in [1.807, 2.05) is 13.0 Å². The molecule has 0 aliphatic rings. The number of hydrogen-bond donors (Lipinski definition) is 1. The number of aliphatic hydroxyl groups excluding tert-OH is 1. The summed E-state index contributed by atoms with van der Waals surface area (Å²) in [6.45, 7) is 8.49. The van der Waals surface area contributed by atoms with Crippen LogP contribution >= 0.6 is 0 Å². The summed E-state index contributed by atoms with van der Waals surface area (Å²) >= 11 is 0. The number of esters is 2. The minimum Gasteiger partial charge on any atom is -0.494 e. The lowest BCUT2D eigenvalue weighted by Gasteiger charge is -2.11. The summed E-state index contributed by atoms with van der Waals surface area (Å²) in [4.78, 5) is 24.3. The zero-order valence-electron chi connectivity index (χ0n) is 24.8. The fraction of sp³-hybridized carbons (Fsp3) is 0.441. The third kappa shape index (κ3) is 14.1. The van der Waals surface area contributed by atoms with Crippen LogP contribution in [0, 0.1) is 18.3 Å². The van der Waals surface area contributed by atoms with Gasteiger partial charge in [0.1, 0.15) is 18.1 Å². The van der Waals surface area contributed by atoms with E-state index in [4.69, 9.17) is 24.2 Å². The monoisotopic (exact) mass is 577 g/mol. The average molecular weight is 578 g/mol. The number of nitrogens with zero attached hydrogens (tertiary/aromatic N) is 1. The van der Waals surface area contributed by atoms with E-state index in [0.29, 0.717) is 35.8 Å². The second-order valence-corrected chi connectivity index (χ2v) is 10.1. The first-order valence-electron chi connectivity index (χ1n) is 14.5. The standard InChI is InChI=1S/C34H43NO7/c1-26(2)33(37)41-23-11-9-7-5-4-6-8-10-22-39-30-17-15-29(16-18-30)34(38)42-31-19-13-28(25-27(31)3)14-20-32(36)40-24-12-21-35/h13-20,25,33,37H,1,4-12,22-24H2,2-3H3/b20-14+. The molecule has 0 radical (unpaired) electrons. The lowest BCUT2D eigenvalue weighted by Crippen LogP contribution is -2.13. The van der Waals surface area contributed by atoms with Crippen molar-refractivity contribution >= 4 is 18.0 Å². The van der Waals surface area contributed by atoms with Crippen molar-refractivity contribution in [3.05, 3.63) is 77.4 Å². The molecule has 226 valence electrons. The van der Waals surface area contributed by atoms with Crippen LogP contribution in [0.25, 0.3) is 6.08 Å². The summed E-state index contributed by atoms with van der Waals surface area (Å²) in [6.07, 6.45) is 11.1. The van der Waals surface area contributed by atoms with Crippen LogP contribution in [0.15, 0.2) is 60.7 Å². The third-order valence-corrected chi connectivity index (χ3v) is 6.37. The molecule has 0 fully saturated rings. The number of carbonyl (C=O) groups excluding carboxylic acids is 2. The van der Waals surface area contributed by atoms with Crippen LogP contribution in [0.1, 0.15) is 86.2 Å². The number of aliphatic hydroxyl groups is 1. The Kier molecular flexibility index (Phi) is 16.3. The van der Waals surface area contributed by atoms with E-state index in [1.54, 1.807) is 55.5 Å². The Labute approximate surface area is 249 Å². The first-order valence-corrected chi connectivity index (χ1v) is 14.5. The quantitative estimate of drug-likeness (QED) is 0.0443. The topological polar surface area (TPSA) is 115 Å². The van der Waals surface area contributed by atoms with E-state index < -0.39 is 18.2 Å². The van der Waals surface area contributed by atoms with E-state index in [-0.39, 0.29) is 13.0 Å².